The summed E-state index contributed by atoms with van der Waals surface area (Å²) < 4.78 is 30.2. The van der Waals surface area contributed by atoms with Crippen molar-refractivity contribution < 1.29 is 33.3 Å². The van der Waals surface area contributed by atoms with Gasteiger partial charge in [0.15, 0.2) is 0 Å². The van der Waals surface area contributed by atoms with Gasteiger partial charge in [-0.3, -0.25) is 9.59 Å². The van der Waals surface area contributed by atoms with Gasteiger partial charge < -0.3 is 48.6 Å². The summed E-state index contributed by atoms with van der Waals surface area (Å²) in [4.78, 5) is 34.3. The molecule has 0 amide bonds. The number of rotatable bonds is 9. The number of methoxy groups -OCH3 is 2. The minimum atomic E-state index is -0.367. The van der Waals surface area contributed by atoms with Crippen molar-refractivity contribution in [2.75, 3.05) is 107 Å². The molecule has 12 nitrogen and oxygen atoms in total. The minimum Gasteiger partial charge on any atom is -0.488 e. The number of fused-ring (bicyclic) bond motifs is 4. The number of nitrogens with zero attached hydrogens (tertiary/aromatic N) is 4. The molecule has 5 aromatic carbocycles. The molecule has 60 heavy (non-hydrogen) atoms. The molecule has 2 aliphatic rings. The summed E-state index contributed by atoms with van der Waals surface area (Å²) in [5.74, 6) is 1.99. The van der Waals surface area contributed by atoms with Gasteiger partial charge in [-0.25, -0.2) is 0 Å². The Morgan fingerprint density at radius 1 is 0.700 bits per heavy atom. The van der Waals surface area contributed by atoms with E-state index in [1.807, 2.05) is 74.3 Å². The van der Waals surface area contributed by atoms with Crippen LogP contribution in [0, 0.1) is 6.92 Å². The van der Waals surface area contributed by atoms with Crippen LogP contribution in [0.4, 0.5) is 22.7 Å². The molecule has 7 rings (SSSR count). The summed E-state index contributed by atoms with van der Waals surface area (Å²) in [5.41, 5.74) is 8.86. The topological polar surface area (TPSA) is 105 Å². The summed E-state index contributed by atoms with van der Waals surface area (Å²) in [7, 11) is 8.79. The lowest BCUT2D eigenvalue weighted by molar-refractivity contribution is -0.139. The lowest BCUT2D eigenvalue weighted by atomic mass is 9.82. The Morgan fingerprint density at radius 3 is 1.92 bits per heavy atom. The molecule has 1 unspecified atom stereocenters. The van der Waals surface area contributed by atoms with Crippen molar-refractivity contribution in [3.05, 3.63) is 131 Å². The second-order valence-corrected chi connectivity index (χ2v) is 15.3. The monoisotopic (exact) mass is 813 g/mol. The number of benzene rings is 5. The molecule has 0 saturated heterocycles. The molecule has 2 aliphatic heterocycles. The molecule has 12 heteroatoms. The quantitative estimate of drug-likeness (QED) is 0.152. The Hall–Kier alpha value is -6.40. The molecule has 0 aliphatic carbocycles. The number of hydrogen-bond donors (Lipinski definition) is 1. The first-order valence-corrected chi connectivity index (χ1v) is 20.4. The molecule has 1 atom stereocenters. The summed E-state index contributed by atoms with van der Waals surface area (Å²) in [6, 6.07) is 35.2. The molecule has 0 bridgehead atoms. The number of carbonyl (C=O) groups excluding carboxylic acids is 2. The molecular formula is C48H55N5O7. The van der Waals surface area contributed by atoms with Gasteiger partial charge in [-0.05, 0) is 79.2 Å². The van der Waals surface area contributed by atoms with Gasteiger partial charge in [0, 0.05) is 81.3 Å². The highest BCUT2D eigenvalue weighted by molar-refractivity contribution is 5.78. The first-order valence-electron chi connectivity index (χ1n) is 20.4. The lowest BCUT2D eigenvalue weighted by Gasteiger charge is -2.33. The van der Waals surface area contributed by atoms with E-state index >= 15 is 0 Å². The van der Waals surface area contributed by atoms with Crippen LogP contribution in [0.15, 0.2) is 103 Å². The number of para-hydroxylation sites is 1. The molecule has 314 valence electrons. The Bertz CT molecular complexity index is 2280. The van der Waals surface area contributed by atoms with Gasteiger partial charge in [0.25, 0.3) is 0 Å². The zero-order chi connectivity index (χ0) is 42.2. The van der Waals surface area contributed by atoms with Crippen LogP contribution in [0.1, 0.15) is 33.7 Å². The number of hydrogen-bond acceptors (Lipinski definition) is 12. The Balaban J connectivity index is 1.33. The fourth-order valence-electron chi connectivity index (χ4n) is 7.88. The first kappa shape index (κ1) is 41.7. The van der Waals surface area contributed by atoms with Crippen LogP contribution in [0.2, 0.25) is 0 Å². The number of ether oxygens (including phenoxy) is 5. The number of anilines is 4. The average molecular weight is 814 g/mol. The zero-order valence-corrected chi connectivity index (χ0v) is 35.4. The second-order valence-electron chi connectivity index (χ2n) is 15.3. The predicted octanol–water partition coefficient (Wildman–Crippen LogP) is 7.00. The van der Waals surface area contributed by atoms with Crippen molar-refractivity contribution >= 4 is 34.7 Å². The van der Waals surface area contributed by atoms with E-state index in [0.29, 0.717) is 44.2 Å². The van der Waals surface area contributed by atoms with Crippen LogP contribution in [-0.4, -0.2) is 99.8 Å². The van der Waals surface area contributed by atoms with E-state index in [1.54, 1.807) is 0 Å². The second kappa shape index (κ2) is 19.1. The highest BCUT2D eigenvalue weighted by Crippen LogP contribution is 2.49. The normalized spacial score (nSPS) is 15.3. The van der Waals surface area contributed by atoms with Crippen LogP contribution in [0.5, 0.6) is 23.0 Å². The molecule has 2 heterocycles. The predicted molar refractivity (Wildman–Crippen MR) is 237 cm³/mol. The van der Waals surface area contributed by atoms with Gasteiger partial charge in [0.2, 0.25) is 0 Å². The number of carbonyl (C=O) groups is 2. The molecule has 5 aromatic rings. The van der Waals surface area contributed by atoms with Crippen LogP contribution < -0.4 is 39.1 Å². The molecule has 0 spiro atoms. The average Bonchev–Trinajstić information content (AvgIpc) is 3.26. The maximum absolute atomic E-state index is 13.1. The lowest BCUT2D eigenvalue weighted by Crippen LogP contribution is -2.42. The number of esters is 2. The van der Waals surface area contributed by atoms with E-state index in [4.69, 9.17) is 23.7 Å². The van der Waals surface area contributed by atoms with E-state index in [1.165, 1.54) is 14.2 Å². The van der Waals surface area contributed by atoms with E-state index in [9.17, 15) is 9.59 Å². The van der Waals surface area contributed by atoms with Gasteiger partial charge in [0.1, 0.15) is 49.3 Å². The molecule has 0 radical (unpaired) electrons. The van der Waals surface area contributed by atoms with Crippen molar-refractivity contribution in [3.63, 3.8) is 0 Å². The molecule has 0 aromatic heterocycles. The molecule has 1 N–H and O–H groups in total. The van der Waals surface area contributed by atoms with Gasteiger partial charge in [-0.1, -0.05) is 48.5 Å². The van der Waals surface area contributed by atoms with Crippen molar-refractivity contribution in [2.45, 2.75) is 19.4 Å². The third-order valence-corrected chi connectivity index (χ3v) is 11.0. The summed E-state index contributed by atoms with van der Waals surface area (Å²) in [6.07, 6.45) is 0. The van der Waals surface area contributed by atoms with Crippen LogP contribution in [-0.2, 0) is 25.6 Å². The Morgan fingerprint density at radius 2 is 1.30 bits per heavy atom. The smallest absolute Gasteiger partial charge is 0.325 e. The van der Waals surface area contributed by atoms with Crippen LogP contribution in [0.25, 0.3) is 0 Å². The Labute approximate surface area is 353 Å². The van der Waals surface area contributed by atoms with Crippen molar-refractivity contribution in [2.24, 2.45) is 0 Å². The summed E-state index contributed by atoms with van der Waals surface area (Å²) in [6.45, 7) is 5.30. The summed E-state index contributed by atoms with van der Waals surface area (Å²) in [5, 5.41) is 3.25. The molecule has 0 saturated carbocycles. The van der Waals surface area contributed by atoms with Gasteiger partial charge >= 0.3 is 11.9 Å². The third-order valence-electron chi connectivity index (χ3n) is 11.0. The zero-order valence-electron chi connectivity index (χ0n) is 35.4. The fourth-order valence-corrected chi connectivity index (χ4v) is 7.88. The van der Waals surface area contributed by atoms with Crippen molar-refractivity contribution in [3.8, 4) is 23.0 Å². The van der Waals surface area contributed by atoms with Crippen LogP contribution in [0.3, 0.4) is 0 Å². The van der Waals surface area contributed by atoms with E-state index in [0.717, 1.165) is 62.1 Å². The van der Waals surface area contributed by atoms with Crippen molar-refractivity contribution in [1.82, 2.24) is 5.32 Å². The maximum Gasteiger partial charge on any atom is 0.325 e. The standard InChI is InChI=1S/C48H55N5O7/c1-33-12-18-40-44(26-33)58-24-25-59-45-28-35(48-38-16-13-34(30-49-2)27-42(38)60-43-29-37(50(3)4)15-17-39(43)48)14-19-41(45)53(32-47(55)57-6)23-21-51(36-10-8-7-9-11-36)20-22-52(40)31-46(54)56-5/h7-19,26-29,48-49H,20-25,30-32H2,1-6H3. The Kier molecular flexibility index (Phi) is 13.3. The first-order chi connectivity index (χ1) is 29.1. The molecular weight excluding hydrogens is 759 g/mol. The number of aryl methyl sites for hydroxylation is 1. The number of nitrogens with one attached hydrogen (secondary N) is 1. The van der Waals surface area contributed by atoms with E-state index < -0.39 is 0 Å². The fraction of sp³-hybridized carbons (Fsp3) is 0.333. The van der Waals surface area contributed by atoms with Gasteiger partial charge in [-0.2, -0.15) is 0 Å². The highest BCUT2D eigenvalue weighted by Gasteiger charge is 2.31. The minimum absolute atomic E-state index is 0.00894. The highest BCUT2D eigenvalue weighted by atomic mass is 16.5. The van der Waals surface area contributed by atoms with Crippen LogP contribution >= 0.6 is 0 Å². The van der Waals surface area contributed by atoms with E-state index in [-0.39, 0.29) is 44.2 Å². The SMILES string of the molecule is CNCc1ccc2c(c1)Oc1cc(N(C)C)ccc1C2c1ccc2c(c1)OCCOc1cc(C)ccc1N(CC(=O)OC)CCN(c1ccccc1)CCN2CC(=O)OC. The molecule has 0 fully saturated rings. The summed E-state index contributed by atoms with van der Waals surface area (Å²) >= 11 is 0. The third kappa shape index (κ3) is 9.55. The largest absolute Gasteiger partial charge is 0.488 e. The van der Waals surface area contributed by atoms with Gasteiger partial charge in [0.05, 0.1) is 25.6 Å². The van der Waals surface area contributed by atoms with Gasteiger partial charge in [-0.15, -0.1) is 0 Å². The van der Waals surface area contributed by atoms with E-state index in [2.05, 4.69) is 81.8 Å². The van der Waals surface area contributed by atoms with Crippen molar-refractivity contribution in [1.29, 1.82) is 0 Å². The maximum atomic E-state index is 13.1.